The smallest absolute Gasteiger partial charge is 0.335 e. The first-order valence-electron chi connectivity index (χ1n) is 9.72. The molecule has 3 aliphatic heterocycles. The fourth-order valence-corrected chi connectivity index (χ4v) is 5.31. The van der Waals surface area contributed by atoms with Gasteiger partial charge in [-0.3, -0.25) is 4.79 Å². The molecule has 0 unspecified atom stereocenters. The van der Waals surface area contributed by atoms with Crippen molar-refractivity contribution in [3.63, 3.8) is 0 Å². The van der Waals surface area contributed by atoms with Crippen molar-refractivity contribution in [1.82, 2.24) is 14.5 Å². The second-order valence-corrected chi connectivity index (χ2v) is 9.75. The van der Waals surface area contributed by atoms with Crippen LogP contribution in [-0.4, -0.2) is 80.1 Å². The van der Waals surface area contributed by atoms with Gasteiger partial charge in [-0.1, -0.05) is 0 Å². The molecule has 2 saturated heterocycles. The quantitative estimate of drug-likeness (QED) is 0.644. The average Bonchev–Trinajstić information content (AvgIpc) is 3.23. The summed E-state index contributed by atoms with van der Waals surface area (Å²) in [7, 11) is -3.29. The Labute approximate surface area is 161 Å². The molecule has 0 aliphatic carbocycles. The van der Waals surface area contributed by atoms with Crippen molar-refractivity contribution >= 4 is 21.9 Å². The maximum absolute atomic E-state index is 12.8. The lowest BCUT2D eigenvalue weighted by Gasteiger charge is -2.38. The van der Waals surface area contributed by atoms with E-state index in [1.54, 1.807) is 13.8 Å². The molecule has 0 aromatic carbocycles. The Morgan fingerprint density at radius 1 is 1.19 bits per heavy atom. The lowest BCUT2D eigenvalue weighted by atomic mass is 9.83. The van der Waals surface area contributed by atoms with Crippen molar-refractivity contribution in [3.8, 4) is 0 Å². The van der Waals surface area contributed by atoms with Crippen LogP contribution in [0.15, 0.2) is 11.1 Å². The Bertz CT molecular complexity index is 732. The van der Waals surface area contributed by atoms with Crippen LogP contribution in [0, 0.1) is 0 Å². The third kappa shape index (κ3) is 4.05. The largest absolute Gasteiger partial charge is 0.450 e. The minimum Gasteiger partial charge on any atom is -0.450 e. The summed E-state index contributed by atoms with van der Waals surface area (Å²) < 4.78 is 31.2. The molecule has 9 heteroatoms. The molecule has 0 aromatic heterocycles. The van der Waals surface area contributed by atoms with E-state index >= 15 is 0 Å². The highest BCUT2D eigenvalue weighted by molar-refractivity contribution is 7.89. The SMILES string of the molecule is CCS(=O)(=O)N1CCC2(CC1)OC(=O)C(C)=C2C(=O)NCCN1CCCC1. The Kier molecular flexibility index (Phi) is 5.93. The average molecular weight is 400 g/mol. The van der Waals surface area contributed by atoms with Gasteiger partial charge >= 0.3 is 5.97 Å². The molecular weight excluding hydrogens is 370 g/mol. The van der Waals surface area contributed by atoms with E-state index in [-0.39, 0.29) is 24.7 Å². The van der Waals surface area contributed by atoms with Crippen molar-refractivity contribution in [2.45, 2.75) is 45.1 Å². The van der Waals surface area contributed by atoms with Gasteiger partial charge in [0.2, 0.25) is 10.0 Å². The first-order chi connectivity index (χ1) is 12.8. The number of hydrogen-bond donors (Lipinski definition) is 1. The van der Waals surface area contributed by atoms with Crippen LogP contribution in [0.5, 0.6) is 0 Å². The standard InChI is InChI=1S/C18H29N3O5S/c1-3-27(24,25)21-11-6-18(7-12-21)15(14(2)17(23)26-18)16(22)19-8-13-20-9-4-5-10-20/h3-13H2,1-2H3,(H,19,22). The molecule has 152 valence electrons. The maximum Gasteiger partial charge on any atom is 0.335 e. The number of rotatable bonds is 6. The number of ether oxygens (including phenoxy) is 1. The summed E-state index contributed by atoms with van der Waals surface area (Å²) >= 11 is 0. The topological polar surface area (TPSA) is 96.0 Å². The van der Waals surface area contributed by atoms with E-state index in [9.17, 15) is 18.0 Å². The van der Waals surface area contributed by atoms with E-state index in [2.05, 4.69) is 10.2 Å². The molecule has 0 atom stereocenters. The van der Waals surface area contributed by atoms with Gasteiger partial charge in [0, 0.05) is 44.6 Å². The lowest BCUT2D eigenvalue weighted by molar-refractivity contribution is -0.150. The maximum atomic E-state index is 12.8. The van der Waals surface area contributed by atoms with Crippen LogP contribution in [0.1, 0.15) is 39.5 Å². The van der Waals surface area contributed by atoms with Gasteiger partial charge in [0.15, 0.2) is 0 Å². The Morgan fingerprint density at radius 2 is 1.81 bits per heavy atom. The fourth-order valence-electron chi connectivity index (χ4n) is 4.21. The number of piperidine rings is 1. The number of sulfonamides is 1. The number of esters is 1. The van der Waals surface area contributed by atoms with Crippen molar-refractivity contribution < 1.29 is 22.7 Å². The zero-order chi connectivity index (χ0) is 19.7. The molecule has 2 fully saturated rings. The highest BCUT2D eigenvalue weighted by Crippen LogP contribution is 2.41. The fraction of sp³-hybridized carbons (Fsp3) is 0.778. The highest BCUT2D eigenvalue weighted by Gasteiger charge is 2.51. The van der Waals surface area contributed by atoms with E-state index < -0.39 is 21.6 Å². The molecule has 3 aliphatic rings. The third-order valence-corrected chi connectivity index (χ3v) is 7.73. The summed E-state index contributed by atoms with van der Waals surface area (Å²) in [5.41, 5.74) is -0.290. The van der Waals surface area contributed by atoms with Gasteiger partial charge in [-0.15, -0.1) is 0 Å². The minimum absolute atomic E-state index is 0.0402. The predicted molar refractivity (Wildman–Crippen MR) is 100 cm³/mol. The van der Waals surface area contributed by atoms with Gasteiger partial charge in [0.05, 0.1) is 11.3 Å². The van der Waals surface area contributed by atoms with E-state index in [1.807, 2.05) is 0 Å². The zero-order valence-electron chi connectivity index (χ0n) is 16.1. The molecule has 1 N–H and O–H groups in total. The highest BCUT2D eigenvalue weighted by atomic mass is 32.2. The summed E-state index contributed by atoms with van der Waals surface area (Å²) in [5, 5.41) is 2.92. The van der Waals surface area contributed by atoms with Crippen LogP contribution in [-0.2, 0) is 24.3 Å². The molecule has 0 aromatic rings. The van der Waals surface area contributed by atoms with Gasteiger partial charge in [0.25, 0.3) is 5.91 Å². The van der Waals surface area contributed by atoms with Crippen molar-refractivity contribution in [2.75, 3.05) is 45.0 Å². The van der Waals surface area contributed by atoms with E-state index in [4.69, 9.17) is 4.74 Å². The van der Waals surface area contributed by atoms with Crippen molar-refractivity contribution in [3.05, 3.63) is 11.1 Å². The summed E-state index contributed by atoms with van der Waals surface area (Å²) in [6.07, 6.45) is 3.01. The molecule has 1 spiro atoms. The number of carbonyl (C=O) groups is 2. The Balaban J connectivity index is 1.67. The minimum atomic E-state index is -3.29. The number of hydrogen-bond acceptors (Lipinski definition) is 6. The van der Waals surface area contributed by atoms with Crippen LogP contribution in [0.2, 0.25) is 0 Å². The number of carbonyl (C=O) groups excluding carboxylic acids is 2. The Hall–Kier alpha value is -1.45. The number of likely N-dealkylation sites (tertiary alicyclic amines) is 1. The number of nitrogens with zero attached hydrogens (tertiary/aromatic N) is 2. The molecule has 3 rings (SSSR count). The van der Waals surface area contributed by atoms with Gasteiger partial charge in [-0.25, -0.2) is 17.5 Å². The summed E-state index contributed by atoms with van der Waals surface area (Å²) in [4.78, 5) is 27.3. The van der Waals surface area contributed by atoms with E-state index in [0.29, 0.717) is 30.5 Å². The normalized spacial score (nSPS) is 23.9. The molecule has 3 heterocycles. The van der Waals surface area contributed by atoms with Gasteiger partial charge in [0.1, 0.15) is 5.60 Å². The first kappa shape index (κ1) is 20.3. The first-order valence-corrected chi connectivity index (χ1v) is 11.3. The van der Waals surface area contributed by atoms with Crippen molar-refractivity contribution in [2.24, 2.45) is 0 Å². The molecule has 27 heavy (non-hydrogen) atoms. The zero-order valence-corrected chi connectivity index (χ0v) is 16.9. The van der Waals surface area contributed by atoms with Gasteiger partial charge in [-0.05, 0) is 39.8 Å². The molecule has 0 bridgehead atoms. The molecule has 1 amide bonds. The number of amides is 1. The summed E-state index contributed by atoms with van der Waals surface area (Å²) in [5.74, 6) is -0.714. The van der Waals surface area contributed by atoms with Crippen molar-refractivity contribution in [1.29, 1.82) is 0 Å². The van der Waals surface area contributed by atoms with E-state index in [1.165, 1.54) is 17.1 Å². The van der Waals surface area contributed by atoms with Crippen LogP contribution in [0.4, 0.5) is 0 Å². The van der Waals surface area contributed by atoms with Crippen LogP contribution >= 0.6 is 0 Å². The summed E-state index contributed by atoms with van der Waals surface area (Å²) in [6, 6.07) is 0. The summed E-state index contributed by atoms with van der Waals surface area (Å²) in [6.45, 7) is 7.16. The Morgan fingerprint density at radius 3 is 2.41 bits per heavy atom. The van der Waals surface area contributed by atoms with Crippen LogP contribution in [0.3, 0.4) is 0 Å². The second kappa shape index (κ2) is 7.89. The van der Waals surface area contributed by atoms with Gasteiger partial charge < -0.3 is 15.0 Å². The number of nitrogens with one attached hydrogen (secondary N) is 1. The third-order valence-electron chi connectivity index (χ3n) is 5.85. The monoisotopic (exact) mass is 399 g/mol. The molecule has 8 nitrogen and oxygen atoms in total. The van der Waals surface area contributed by atoms with Crippen LogP contribution in [0.25, 0.3) is 0 Å². The van der Waals surface area contributed by atoms with Crippen LogP contribution < -0.4 is 5.32 Å². The van der Waals surface area contributed by atoms with Gasteiger partial charge in [-0.2, -0.15) is 0 Å². The lowest BCUT2D eigenvalue weighted by Crippen LogP contribution is -2.50. The molecule has 0 radical (unpaired) electrons. The van der Waals surface area contributed by atoms with E-state index in [0.717, 1.165) is 19.6 Å². The second-order valence-electron chi connectivity index (χ2n) is 7.49. The predicted octanol–water partition coefficient (Wildman–Crippen LogP) is 0.256. The molecular formula is C18H29N3O5S. The molecule has 0 saturated carbocycles.